The van der Waals surface area contributed by atoms with E-state index in [4.69, 9.17) is 9.98 Å². The molecule has 0 aromatic carbocycles. The number of rotatable bonds is 7. The Hall–Kier alpha value is -4.65. The molecule has 7 nitrogen and oxygen atoms in total. The van der Waals surface area contributed by atoms with Gasteiger partial charge in [-0.2, -0.15) is 0 Å². The van der Waals surface area contributed by atoms with Gasteiger partial charge in [-0.3, -0.25) is 24.7 Å². The molecule has 7 heteroatoms. The second kappa shape index (κ2) is 11.6. The van der Waals surface area contributed by atoms with Crippen molar-refractivity contribution < 1.29 is 4.79 Å². The van der Waals surface area contributed by atoms with E-state index in [9.17, 15) is 4.79 Å². The highest BCUT2D eigenvalue weighted by Gasteiger charge is 2.20. The summed E-state index contributed by atoms with van der Waals surface area (Å²) in [7, 11) is 0. The van der Waals surface area contributed by atoms with Crippen LogP contribution in [0.25, 0.3) is 27.7 Å². The molecule has 1 aliphatic heterocycles. The summed E-state index contributed by atoms with van der Waals surface area (Å²) in [5, 5.41) is 4.01. The summed E-state index contributed by atoms with van der Waals surface area (Å²) in [6, 6.07) is 10.2. The van der Waals surface area contributed by atoms with Crippen LogP contribution in [0.5, 0.6) is 0 Å². The molecule has 40 heavy (non-hydrogen) atoms. The summed E-state index contributed by atoms with van der Waals surface area (Å²) >= 11 is 0. The highest BCUT2D eigenvalue weighted by Crippen LogP contribution is 2.30. The first-order chi connectivity index (χ1) is 19.3. The number of hydrogen-bond acceptors (Lipinski definition) is 5. The third kappa shape index (κ3) is 5.83. The summed E-state index contributed by atoms with van der Waals surface area (Å²) in [6.07, 6.45) is 13.1. The minimum Gasteiger partial charge on any atom is -0.353 e. The maximum atomic E-state index is 12.3. The molecule has 0 bridgehead atoms. The second-order valence-electron chi connectivity index (χ2n) is 10.5. The quantitative estimate of drug-likeness (QED) is 0.269. The van der Waals surface area contributed by atoms with Gasteiger partial charge < -0.3 is 10.3 Å². The van der Waals surface area contributed by atoms with E-state index in [0.717, 1.165) is 86.6 Å². The van der Waals surface area contributed by atoms with E-state index in [-0.39, 0.29) is 11.8 Å². The standard InChI is InChI=1S/C33H34N6O/c1-20(2)15-25(16-22(5)38-33(40)21(3)4)29-17-26-24(19-37-29)7-6-11-35-32(26)30-18-27-28(39-30)10-14-36-31(27)23-8-12-34-13-9-23/h8-10,12-19,21,39H,1,6-7,11H2,2-5H3,(H,38,40)/b22-16+,25-15+. The normalized spacial score (nSPS) is 14.1. The SMILES string of the molecule is C=C(C)/C=C(\C=C(/C)NC(=O)C(C)C)c1cc2c(cn1)CCCN=C2c1cc2c(-c3ccncc3)nccc2[nH]1. The molecule has 5 heterocycles. The van der Waals surface area contributed by atoms with Crippen molar-refractivity contribution in [2.24, 2.45) is 10.9 Å². The van der Waals surface area contributed by atoms with Gasteiger partial charge in [0.15, 0.2) is 0 Å². The Labute approximate surface area is 234 Å². The number of aromatic amines is 1. The van der Waals surface area contributed by atoms with Crippen LogP contribution in [0.4, 0.5) is 0 Å². The number of pyridine rings is 3. The number of allylic oxidation sites excluding steroid dienone is 5. The van der Waals surface area contributed by atoms with Gasteiger partial charge in [0.1, 0.15) is 0 Å². The number of aliphatic imine (C=N–C) groups is 1. The third-order valence-corrected chi connectivity index (χ3v) is 6.79. The molecule has 0 unspecified atom stereocenters. The molecule has 4 aromatic rings. The minimum atomic E-state index is -0.105. The Bertz CT molecular complexity index is 1670. The number of fused-ring (bicyclic) bond motifs is 2. The fourth-order valence-electron chi connectivity index (χ4n) is 4.82. The molecule has 0 saturated heterocycles. The molecular formula is C33H34N6O. The van der Waals surface area contributed by atoms with E-state index in [2.05, 4.69) is 39.0 Å². The lowest BCUT2D eigenvalue weighted by molar-refractivity contribution is -0.123. The zero-order valence-corrected chi connectivity index (χ0v) is 23.5. The molecular weight excluding hydrogens is 496 g/mol. The number of H-pyrrole nitrogens is 1. The van der Waals surface area contributed by atoms with Gasteiger partial charge in [0.2, 0.25) is 5.91 Å². The van der Waals surface area contributed by atoms with Crippen molar-refractivity contribution in [3.05, 3.63) is 108 Å². The van der Waals surface area contributed by atoms with Crippen molar-refractivity contribution in [3.8, 4) is 11.3 Å². The van der Waals surface area contributed by atoms with Crippen molar-refractivity contribution >= 4 is 28.1 Å². The minimum absolute atomic E-state index is 0.0211. The van der Waals surface area contributed by atoms with E-state index in [0.29, 0.717) is 0 Å². The zero-order chi connectivity index (χ0) is 28.2. The molecule has 0 spiro atoms. The third-order valence-electron chi connectivity index (χ3n) is 6.79. The first-order valence-electron chi connectivity index (χ1n) is 13.6. The second-order valence-corrected chi connectivity index (χ2v) is 10.5. The Morgan fingerprint density at radius 1 is 1.07 bits per heavy atom. The van der Waals surface area contributed by atoms with Gasteiger partial charge >= 0.3 is 0 Å². The molecule has 1 aliphatic rings. The van der Waals surface area contributed by atoms with Crippen LogP contribution in [-0.4, -0.2) is 38.1 Å². The van der Waals surface area contributed by atoms with Gasteiger partial charge in [0.05, 0.1) is 22.8 Å². The summed E-state index contributed by atoms with van der Waals surface area (Å²) in [5.41, 5.74) is 10.3. The number of carbonyl (C=O) groups is 1. The topological polar surface area (TPSA) is 95.9 Å². The van der Waals surface area contributed by atoms with Gasteiger partial charge in [-0.15, -0.1) is 0 Å². The lowest BCUT2D eigenvalue weighted by Crippen LogP contribution is -2.26. The van der Waals surface area contributed by atoms with Crippen molar-refractivity contribution in [1.82, 2.24) is 25.3 Å². The van der Waals surface area contributed by atoms with E-state index < -0.39 is 0 Å². The van der Waals surface area contributed by atoms with Crippen LogP contribution in [-0.2, 0) is 11.2 Å². The van der Waals surface area contributed by atoms with Crippen LogP contribution in [0.1, 0.15) is 56.6 Å². The summed E-state index contributed by atoms with van der Waals surface area (Å²) in [4.78, 5) is 34.6. The van der Waals surface area contributed by atoms with Crippen molar-refractivity contribution in [2.75, 3.05) is 6.54 Å². The Morgan fingerprint density at radius 3 is 2.62 bits per heavy atom. The lowest BCUT2D eigenvalue weighted by Gasteiger charge is -2.13. The summed E-state index contributed by atoms with van der Waals surface area (Å²) < 4.78 is 0. The van der Waals surface area contributed by atoms with Crippen LogP contribution < -0.4 is 5.32 Å². The highest BCUT2D eigenvalue weighted by molar-refractivity contribution is 6.15. The fourth-order valence-corrected chi connectivity index (χ4v) is 4.82. The molecule has 1 amide bonds. The van der Waals surface area contributed by atoms with Gasteiger partial charge in [-0.05, 0) is 68.7 Å². The largest absolute Gasteiger partial charge is 0.353 e. The molecule has 0 fully saturated rings. The maximum Gasteiger partial charge on any atom is 0.226 e. The average Bonchev–Trinajstić information content (AvgIpc) is 3.26. The van der Waals surface area contributed by atoms with Crippen molar-refractivity contribution in [3.63, 3.8) is 0 Å². The number of nitrogens with one attached hydrogen (secondary N) is 2. The van der Waals surface area contributed by atoms with Crippen LogP contribution in [0.15, 0.2) is 90.1 Å². The number of aryl methyl sites for hydroxylation is 1. The number of nitrogens with zero attached hydrogens (tertiary/aromatic N) is 4. The summed E-state index contributed by atoms with van der Waals surface area (Å²) in [5.74, 6) is -0.126. The van der Waals surface area contributed by atoms with E-state index in [1.807, 2.05) is 70.4 Å². The fraction of sp³-hybridized carbons (Fsp3) is 0.242. The van der Waals surface area contributed by atoms with Gasteiger partial charge in [0.25, 0.3) is 0 Å². The first kappa shape index (κ1) is 26.9. The number of aromatic nitrogens is 4. The first-order valence-corrected chi connectivity index (χ1v) is 13.6. The van der Waals surface area contributed by atoms with Gasteiger partial charge in [0, 0.05) is 70.6 Å². The van der Waals surface area contributed by atoms with E-state index in [1.54, 1.807) is 12.4 Å². The molecule has 0 aliphatic carbocycles. The smallest absolute Gasteiger partial charge is 0.226 e. The molecule has 0 radical (unpaired) electrons. The van der Waals surface area contributed by atoms with E-state index in [1.165, 1.54) is 0 Å². The van der Waals surface area contributed by atoms with Gasteiger partial charge in [-0.1, -0.05) is 32.1 Å². The predicted molar refractivity (Wildman–Crippen MR) is 162 cm³/mol. The Kier molecular flexibility index (Phi) is 7.82. The molecule has 0 saturated carbocycles. The maximum absolute atomic E-state index is 12.3. The highest BCUT2D eigenvalue weighted by atomic mass is 16.1. The lowest BCUT2D eigenvalue weighted by atomic mass is 9.97. The molecule has 4 aromatic heterocycles. The van der Waals surface area contributed by atoms with Crippen molar-refractivity contribution in [2.45, 2.75) is 40.5 Å². The Morgan fingerprint density at radius 2 is 1.88 bits per heavy atom. The van der Waals surface area contributed by atoms with Crippen molar-refractivity contribution in [1.29, 1.82) is 0 Å². The Balaban J connectivity index is 1.59. The zero-order valence-electron chi connectivity index (χ0n) is 23.5. The molecule has 5 rings (SSSR count). The molecule has 2 N–H and O–H groups in total. The van der Waals surface area contributed by atoms with Crippen LogP contribution in [0.3, 0.4) is 0 Å². The average molecular weight is 531 g/mol. The van der Waals surface area contributed by atoms with Crippen LogP contribution in [0, 0.1) is 5.92 Å². The number of hydrogen-bond donors (Lipinski definition) is 2. The van der Waals surface area contributed by atoms with Crippen LogP contribution in [0.2, 0.25) is 0 Å². The predicted octanol–water partition coefficient (Wildman–Crippen LogP) is 6.44. The van der Waals surface area contributed by atoms with E-state index >= 15 is 0 Å². The van der Waals surface area contributed by atoms with Crippen LogP contribution >= 0.6 is 0 Å². The monoisotopic (exact) mass is 530 g/mol. The number of carbonyl (C=O) groups excluding carboxylic acids is 1. The summed E-state index contributed by atoms with van der Waals surface area (Å²) in [6.45, 7) is 12.4. The molecule has 0 atom stereocenters. The number of amides is 1. The van der Waals surface area contributed by atoms with Gasteiger partial charge in [-0.25, -0.2) is 0 Å². The molecule has 202 valence electrons.